The van der Waals surface area contributed by atoms with Gasteiger partial charge in [-0.3, -0.25) is 10.1 Å². The molecule has 0 atom stereocenters. The lowest BCUT2D eigenvalue weighted by Crippen LogP contribution is -1.99. The summed E-state index contributed by atoms with van der Waals surface area (Å²) in [5.41, 5.74) is -0.163. The van der Waals surface area contributed by atoms with E-state index in [9.17, 15) is 18.5 Å². The minimum atomic E-state index is -4.11. The van der Waals surface area contributed by atoms with E-state index < -0.39 is 14.3 Å². The quantitative estimate of drug-likeness (QED) is 0.451. The van der Waals surface area contributed by atoms with Gasteiger partial charge >= 0.3 is 9.33 Å². The van der Waals surface area contributed by atoms with Crippen LogP contribution in [0.5, 0.6) is 5.75 Å². The lowest BCUT2D eigenvalue weighted by molar-refractivity contribution is -0.384. The van der Waals surface area contributed by atoms with Gasteiger partial charge in [-0.05, 0) is 12.1 Å². The van der Waals surface area contributed by atoms with Crippen LogP contribution in [-0.2, 0) is 9.33 Å². The van der Waals surface area contributed by atoms with Crippen LogP contribution >= 0.6 is 10.7 Å². The summed E-state index contributed by atoms with van der Waals surface area (Å²) in [6.45, 7) is 0. The lowest BCUT2D eigenvalue weighted by atomic mass is 10.3. The number of nitro groups is 1. The predicted molar refractivity (Wildman–Crippen MR) is 48.5 cm³/mol. The molecule has 76 valence electrons. The van der Waals surface area contributed by atoms with Gasteiger partial charge in [0.15, 0.2) is 0 Å². The van der Waals surface area contributed by atoms with Gasteiger partial charge in [-0.2, -0.15) is 8.42 Å². The summed E-state index contributed by atoms with van der Waals surface area (Å²) in [5.74, 6) is -0.0781. The summed E-state index contributed by atoms with van der Waals surface area (Å²) in [6.07, 6.45) is 0. The molecule has 0 unspecified atom stereocenters. The monoisotopic (exact) mass is 237 g/mol. The van der Waals surface area contributed by atoms with Gasteiger partial charge in [-0.15, -0.1) is 0 Å². The predicted octanol–water partition coefficient (Wildman–Crippen LogP) is 1.46. The molecular formula is C6H4ClNO5S. The SMILES string of the molecule is O=[N+]([O-])c1ccc(OS(=O)(=O)Cl)cc1. The van der Waals surface area contributed by atoms with Gasteiger partial charge in [-0.25, -0.2) is 0 Å². The first-order chi connectivity index (χ1) is 6.38. The van der Waals surface area contributed by atoms with E-state index in [1.165, 1.54) is 0 Å². The summed E-state index contributed by atoms with van der Waals surface area (Å²) in [4.78, 5) is 9.61. The van der Waals surface area contributed by atoms with E-state index in [1.807, 2.05) is 0 Å². The standard InChI is InChI=1S/C6H4ClNO5S/c7-14(11,12)13-6-3-1-5(2-4-6)8(9)10/h1-4H. The van der Waals surface area contributed by atoms with Gasteiger partial charge in [0.25, 0.3) is 5.69 Å². The highest BCUT2D eigenvalue weighted by Crippen LogP contribution is 2.19. The lowest BCUT2D eigenvalue weighted by Gasteiger charge is -1.99. The molecule has 0 saturated carbocycles. The Labute approximate surface area is 83.8 Å². The van der Waals surface area contributed by atoms with Crippen molar-refractivity contribution in [3.63, 3.8) is 0 Å². The van der Waals surface area contributed by atoms with Gasteiger partial charge in [-0.1, -0.05) is 0 Å². The molecule has 0 aliphatic heterocycles. The van der Waals surface area contributed by atoms with Crippen molar-refractivity contribution in [2.45, 2.75) is 0 Å². The summed E-state index contributed by atoms with van der Waals surface area (Å²) >= 11 is 0. The highest BCUT2D eigenvalue weighted by atomic mass is 35.7. The van der Waals surface area contributed by atoms with Crippen molar-refractivity contribution in [3.8, 4) is 5.75 Å². The minimum Gasteiger partial charge on any atom is -0.371 e. The number of non-ortho nitro benzene ring substituents is 1. The molecule has 1 aromatic rings. The van der Waals surface area contributed by atoms with Crippen LogP contribution in [0.2, 0.25) is 0 Å². The molecule has 0 radical (unpaired) electrons. The maximum Gasteiger partial charge on any atom is 0.401 e. The van der Waals surface area contributed by atoms with Crippen LogP contribution < -0.4 is 4.18 Å². The fourth-order valence-corrected chi connectivity index (χ4v) is 1.30. The highest BCUT2D eigenvalue weighted by molar-refractivity contribution is 8.10. The minimum absolute atomic E-state index is 0.0781. The fraction of sp³-hybridized carbons (Fsp3) is 0. The number of hydrogen-bond donors (Lipinski definition) is 0. The summed E-state index contributed by atoms with van der Waals surface area (Å²) in [6, 6.07) is 4.49. The molecular weight excluding hydrogens is 234 g/mol. The first-order valence-corrected chi connectivity index (χ1v) is 5.50. The smallest absolute Gasteiger partial charge is 0.371 e. The normalized spacial score (nSPS) is 10.9. The van der Waals surface area contributed by atoms with E-state index in [-0.39, 0.29) is 11.4 Å². The third-order valence-electron chi connectivity index (χ3n) is 1.24. The second-order valence-electron chi connectivity index (χ2n) is 2.23. The summed E-state index contributed by atoms with van der Waals surface area (Å²) < 4.78 is 25.1. The molecule has 0 saturated heterocycles. The average Bonchev–Trinajstić information content (AvgIpc) is 2.02. The largest absolute Gasteiger partial charge is 0.401 e. The van der Waals surface area contributed by atoms with Crippen LogP contribution in [0.15, 0.2) is 24.3 Å². The summed E-state index contributed by atoms with van der Waals surface area (Å²) in [5, 5.41) is 10.2. The Balaban J connectivity index is 2.90. The average molecular weight is 238 g/mol. The third-order valence-corrected chi connectivity index (χ3v) is 1.82. The first kappa shape index (κ1) is 10.7. The molecule has 0 spiro atoms. The Morgan fingerprint density at radius 1 is 1.29 bits per heavy atom. The van der Waals surface area contributed by atoms with E-state index in [0.29, 0.717) is 0 Å². The van der Waals surface area contributed by atoms with Crippen molar-refractivity contribution in [2.24, 2.45) is 0 Å². The van der Waals surface area contributed by atoms with Crippen LogP contribution in [0, 0.1) is 10.1 Å². The molecule has 6 nitrogen and oxygen atoms in total. The molecule has 1 rings (SSSR count). The number of nitrogens with zero attached hydrogens (tertiary/aromatic N) is 1. The zero-order valence-corrected chi connectivity index (χ0v) is 8.16. The Hall–Kier alpha value is -1.34. The number of rotatable bonds is 3. The van der Waals surface area contributed by atoms with Crippen molar-refractivity contribution in [1.82, 2.24) is 0 Å². The molecule has 0 fully saturated rings. The first-order valence-electron chi connectivity index (χ1n) is 3.27. The Bertz CT molecular complexity index is 440. The summed E-state index contributed by atoms with van der Waals surface area (Å²) in [7, 11) is 0.678. The molecule has 14 heavy (non-hydrogen) atoms. The van der Waals surface area contributed by atoms with E-state index in [4.69, 9.17) is 10.7 Å². The van der Waals surface area contributed by atoms with Gasteiger partial charge < -0.3 is 4.18 Å². The maximum absolute atomic E-state index is 10.4. The molecule has 0 heterocycles. The van der Waals surface area contributed by atoms with E-state index in [2.05, 4.69) is 4.18 Å². The molecule has 0 N–H and O–H groups in total. The van der Waals surface area contributed by atoms with Gasteiger partial charge in [0.2, 0.25) is 0 Å². The number of benzene rings is 1. The van der Waals surface area contributed by atoms with Gasteiger partial charge in [0.05, 0.1) is 15.6 Å². The molecule has 0 aliphatic rings. The van der Waals surface area contributed by atoms with Crippen LogP contribution in [0.25, 0.3) is 0 Å². The highest BCUT2D eigenvalue weighted by Gasteiger charge is 2.09. The van der Waals surface area contributed by atoms with Crippen molar-refractivity contribution in [1.29, 1.82) is 0 Å². The van der Waals surface area contributed by atoms with Crippen LogP contribution in [-0.4, -0.2) is 13.3 Å². The Morgan fingerprint density at radius 2 is 1.79 bits per heavy atom. The van der Waals surface area contributed by atoms with Crippen LogP contribution in [0.3, 0.4) is 0 Å². The second-order valence-corrected chi connectivity index (χ2v) is 4.31. The Morgan fingerprint density at radius 3 is 2.14 bits per heavy atom. The van der Waals surface area contributed by atoms with Crippen molar-refractivity contribution >= 4 is 25.7 Å². The fourth-order valence-electron chi connectivity index (χ4n) is 0.738. The molecule has 0 aromatic heterocycles. The van der Waals surface area contributed by atoms with Crippen molar-refractivity contribution < 1.29 is 17.5 Å². The molecule has 0 aliphatic carbocycles. The molecule has 0 bridgehead atoms. The molecule has 0 amide bonds. The zero-order valence-electron chi connectivity index (χ0n) is 6.58. The topological polar surface area (TPSA) is 86.5 Å². The number of halogens is 1. The zero-order chi connectivity index (χ0) is 10.8. The van der Waals surface area contributed by atoms with E-state index >= 15 is 0 Å². The van der Waals surface area contributed by atoms with Gasteiger partial charge in [0.1, 0.15) is 5.75 Å². The Kier molecular flexibility index (Phi) is 2.92. The maximum atomic E-state index is 10.4. The van der Waals surface area contributed by atoms with Crippen molar-refractivity contribution in [2.75, 3.05) is 0 Å². The van der Waals surface area contributed by atoms with Crippen LogP contribution in [0.4, 0.5) is 5.69 Å². The molecule has 8 heteroatoms. The number of hydrogen-bond acceptors (Lipinski definition) is 5. The molecule has 1 aromatic carbocycles. The number of nitro benzene ring substituents is 1. The second kappa shape index (κ2) is 3.81. The van der Waals surface area contributed by atoms with E-state index in [0.717, 1.165) is 24.3 Å². The third kappa shape index (κ3) is 3.19. The van der Waals surface area contributed by atoms with E-state index in [1.54, 1.807) is 0 Å². The van der Waals surface area contributed by atoms with Gasteiger partial charge in [0, 0.05) is 12.1 Å². The van der Waals surface area contributed by atoms with Crippen LogP contribution in [0.1, 0.15) is 0 Å². The van der Waals surface area contributed by atoms with Crippen molar-refractivity contribution in [3.05, 3.63) is 34.4 Å².